The number of piperidine rings is 1. The number of anilines is 2. The van der Waals surface area contributed by atoms with Gasteiger partial charge in [0, 0.05) is 62.2 Å². The van der Waals surface area contributed by atoms with Crippen LogP contribution >= 0.6 is 0 Å². The highest BCUT2D eigenvalue weighted by atomic mass is 16.5. The Morgan fingerprint density at radius 3 is 2.68 bits per heavy atom. The topological polar surface area (TPSA) is 103 Å². The average Bonchev–Trinajstić information content (AvgIpc) is 3.04. The van der Waals surface area contributed by atoms with Crippen LogP contribution < -0.4 is 26.6 Å². The number of ether oxygens (including phenoxy) is 1. The van der Waals surface area contributed by atoms with Gasteiger partial charge in [0.15, 0.2) is 0 Å². The van der Waals surface area contributed by atoms with Crippen molar-refractivity contribution in [1.82, 2.24) is 20.0 Å². The number of likely N-dealkylation sites (tertiary alicyclic amines) is 1. The number of benzene rings is 2. The molecule has 4 N–H and O–H groups in total. The van der Waals surface area contributed by atoms with Crippen molar-refractivity contribution in [2.24, 2.45) is 0 Å². The third-order valence-electron chi connectivity index (χ3n) is 7.37. The summed E-state index contributed by atoms with van der Waals surface area (Å²) in [6.07, 6.45) is 2.65. The number of hydrogen-bond acceptors (Lipinski definition) is 6. The SMILES string of the molecule is Bc1cc(C(=O)NCCN2CCC(N3CCc4cc(OC)ccc4NC3=O)CC2)cc(CN(C)C)c1N. The molecule has 0 saturated carbocycles. The lowest BCUT2D eigenvalue weighted by molar-refractivity contribution is 0.0937. The molecule has 2 aliphatic rings. The molecule has 2 heterocycles. The van der Waals surface area contributed by atoms with Gasteiger partial charge in [0.1, 0.15) is 13.6 Å². The van der Waals surface area contributed by atoms with E-state index in [1.807, 2.05) is 62.1 Å². The van der Waals surface area contributed by atoms with Crippen LogP contribution in [0.2, 0.25) is 0 Å². The van der Waals surface area contributed by atoms with Gasteiger partial charge in [-0.25, -0.2) is 4.79 Å². The maximum atomic E-state index is 12.9. The molecular weight excluding hydrogens is 467 g/mol. The van der Waals surface area contributed by atoms with Crippen LogP contribution in [0, 0.1) is 0 Å². The molecule has 0 bridgehead atoms. The van der Waals surface area contributed by atoms with Crippen molar-refractivity contribution in [3.63, 3.8) is 0 Å². The lowest BCUT2D eigenvalue weighted by atomic mass is 9.89. The number of nitrogen functional groups attached to an aromatic ring is 1. The van der Waals surface area contributed by atoms with Crippen molar-refractivity contribution >= 4 is 36.6 Å². The molecule has 1 saturated heterocycles. The summed E-state index contributed by atoms with van der Waals surface area (Å²) in [5.74, 6) is 0.734. The number of hydrogen-bond donors (Lipinski definition) is 3. The summed E-state index contributed by atoms with van der Waals surface area (Å²) < 4.78 is 5.34. The van der Waals surface area contributed by atoms with Gasteiger partial charge >= 0.3 is 6.03 Å². The van der Waals surface area contributed by atoms with E-state index < -0.39 is 0 Å². The van der Waals surface area contributed by atoms with Crippen LogP contribution in [-0.4, -0.2) is 94.5 Å². The summed E-state index contributed by atoms with van der Waals surface area (Å²) in [5.41, 5.74) is 11.5. The number of urea groups is 1. The molecule has 0 spiro atoms. The smallest absolute Gasteiger partial charge is 0.322 e. The lowest BCUT2D eigenvalue weighted by Crippen LogP contribution is -2.49. The van der Waals surface area contributed by atoms with Crippen molar-refractivity contribution < 1.29 is 14.3 Å². The van der Waals surface area contributed by atoms with Crippen LogP contribution in [0.15, 0.2) is 30.3 Å². The summed E-state index contributed by atoms with van der Waals surface area (Å²) in [6.45, 7) is 4.56. The molecule has 1 fully saturated rings. The monoisotopic (exact) mass is 506 g/mol. The third-order valence-corrected chi connectivity index (χ3v) is 7.37. The molecule has 4 rings (SSSR count). The highest BCUT2D eigenvalue weighted by Gasteiger charge is 2.30. The molecule has 0 atom stereocenters. The second-order valence-electron chi connectivity index (χ2n) is 10.3. The summed E-state index contributed by atoms with van der Waals surface area (Å²) in [7, 11) is 7.57. The van der Waals surface area contributed by atoms with Gasteiger partial charge in [0.05, 0.1) is 7.11 Å². The quantitative estimate of drug-likeness (QED) is 0.363. The predicted octanol–water partition coefficient (Wildman–Crippen LogP) is 0.882. The van der Waals surface area contributed by atoms with E-state index in [4.69, 9.17) is 10.5 Å². The molecule has 2 aromatic carbocycles. The van der Waals surface area contributed by atoms with Crippen LogP contribution in [0.4, 0.5) is 16.2 Å². The summed E-state index contributed by atoms with van der Waals surface area (Å²) in [5, 5.41) is 6.14. The summed E-state index contributed by atoms with van der Waals surface area (Å²) >= 11 is 0. The normalized spacial score (nSPS) is 16.8. The number of fused-ring (bicyclic) bond motifs is 1. The number of nitrogens with one attached hydrogen (secondary N) is 2. The second kappa shape index (κ2) is 11.9. The fourth-order valence-electron chi connectivity index (χ4n) is 5.26. The van der Waals surface area contributed by atoms with E-state index >= 15 is 0 Å². The first kappa shape index (κ1) is 26.8. The van der Waals surface area contributed by atoms with Crippen LogP contribution in [0.3, 0.4) is 0 Å². The number of nitrogens with two attached hydrogens (primary N) is 1. The number of nitrogens with zero attached hydrogens (tertiary/aromatic N) is 3. The number of carbonyl (C=O) groups excluding carboxylic acids is 2. The Labute approximate surface area is 220 Å². The Hall–Kier alpha value is -3.24. The maximum absolute atomic E-state index is 12.9. The Balaban J connectivity index is 1.25. The van der Waals surface area contributed by atoms with Crippen molar-refractivity contribution in [1.29, 1.82) is 0 Å². The number of rotatable bonds is 8. The molecule has 10 heteroatoms. The second-order valence-corrected chi connectivity index (χ2v) is 10.3. The number of methoxy groups -OCH3 is 1. The molecular formula is C27H39BN6O3. The zero-order valence-corrected chi connectivity index (χ0v) is 22.5. The van der Waals surface area contributed by atoms with Gasteiger partial charge < -0.3 is 35.8 Å². The zero-order valence-electron chi connectivity index (χ0n) is 22.5. The van der Waals surface area contributed by atoms with Crippen molar-refractivity contribution in [3.05, 3.63) is 47.0 Å². The van der Waals surface area contributed by atoms with E-state index in [9.17, 15) is 9.59 Å². The van der Waals surface area contributed by atoms with Gasteiger partial charge in [-0.05, 0) is 68.8 Å². The minimum atomic E-state index is -0.0737. The molecule has 0 unspecified atom stereocenters. The molecule has 0 radical (unpaired) electrons. The van der Waals surface area contributed by atoms with Gasteiger partial charge in [0.2, 0.25) is 0 Å². The highest BCUT2D eigenvalue weighted by molar-refractivity contribution is 6.36. The highest BCUT2D eigenvalue weighted by Crippen LogP contribution is 2.27. The first-order valence-electron chi connectivity index (χ1n) is 13.0. The van der Waals surface area contributed by atoms with Crippen LogP contribution in [0.1, 0.15) is 34.3 Å². The Bertz CT molecular complexity index is 1130. The van der Waals surface area contributed by atoms with Crippen LogP contribution in [-0.2, 0) is 13.0 Å². The summed E-state index contributed by atoms with van der Waals surface area (Å²) in [6, 6.07) is 9.74. The van der Waals surface area contributed by atoms with Crippen LogP contribution in [0.5, 0.6) is 5.75 Å². The zero-order chi connectivity index (χ0) is 26.5. The van der Waals surface area contributed by atoms with E-state index in [0.717, 1.165) is 72.6 Å². The minimum Gasteiger partial charge on any atom is -0.497 e. The van der Waals surface area contributed by atoms with Gasteiger partial charge in [-0.2, -0.15) is 0 Å². The van der Waals surface area contributed by atoms with E-state index in [1.165, 1.54) is 0 Å². The van der Waals surface area contributed by atoms with Gasteiger partial charge in [0.25, 0.3) is 5.91 Å². The first-order valence-corrected chi connectivity index (χ1v) is 13.0. The van der Waals surface area contributed by atoms with Crippen molar-refractivity contribution in [2.45, 2.75) is 31.8 Å². The number of carbonyl (C=O) groups is 2. The largest absolute Gasteiger partial charge is 0.497 e. The summed E-state index contributed by atoms with van der Waals surface area (Å²) in [4.78, 5) is 32.1. The third kappa shape index (κ3) is 6.56. The molecule has 2 aliphatic heterocycles. The van der Waals surface area contributed by atoms with Gasteiger partial charge in [-0.15, -0.1) is 0 Å². The van der Waals surface area contributed by atoms with E-state index in [2.05, 4.69) is 15.5 Å². The van der Waals surface area contributed by atoms with E-state index in [-0.39, 0.29) is 18.0 Å². The molecule has 0 aliphatic carbocycles. The van der Waals surface area contributed by atoms with E-state index in [1.54, 1.807) is 7.11 Å². The average molecular weight is 506 g/mol. The van der Waals surface area contributed by atoms with Crippen molar-refractivity contribution in [2.75, 3.05) is 65.0 Å². The molecule has 2 aromatic rings. The molecule has 3 amide bonds. The Morgan fingerprint density at radius 1 is 1.22 bits per heavy atom. The predicted molar refractivity (Wildman–Crippen MR) is 151 cm³/mol. The fraction of sp³-hybridized carbons (Fsp3) is 0.481. The molecule has 0 aromatic heterocycles. The van der Waals surface area contributed by atoms with Crippen LogP contribution in [0.25, 0.3) is 0 Å². The van der Waals surface area contributed by atoms with E-state index in [0.29, 0.717) is 25.2 Å². The number of amides is 3. The standard InChI is InChI=1S/C27H39BN6O3/c1-32(2)17-20-14-19(16-23(28)25(20)29)26(35)30-9-13-33-10-7-21(8-11-33)34-12-6-18-15-22(37-3)4-5-24(18)31-27(34)36/h4-5,14-16,21H,6-13,17,28-29H2,1-3H3,(H,30,35)(H,31,36). The molecule has 198 valence electrons. The Kier molecular flexibility index (Phi) is 8.61. The lowest BCUT2D eigenvalue weighted by Gasteiger charge is -2.38. The fourth-order valence-corrected chi connectivity index (χ4v) is 5.26. The van der Waals surface area contributed by atoms with Gasteiger partial charge in [-0.3, -0.25) is 4.79 Å². The Morgan fingerprint density at radius 2 is 1.97 bits per heavy atom. The maximum Gasteiger partial charge on any atom is 0.322 e. The molecule has 37 heavy (non-hydrogen) atoms. The first-order chi connectivity index (χ1) is 17.7. The molecule has 9 nitrogen and oxygen atoms in total. The minimum absolute atomic E-state index is 0.0259. The van der Waals surface area contributed by atoms with Gasteiger partial charge in [-0.1, -0.05) is 11.5 Å². The van der Waals surface area contributed by atoms with Crippen molar-refractivity contribution in [3.8, 4) is 5.75 Å².